The standard InChI is InChI=1S/C3H6Cl2Si/c1-6-2-3(4)5/h2-3,6H,1H3. The molecule has 0 unspecified atom stereocenters. The molecule has 0 saturated carbocycles. The molecule has 6 heavy (non-hydrogen) atoms. The fourth-order valence-corrected chi connectivity index (χ4v) is 1.31. The Kier molecular flexibility index (Phi) is 4.27. The van der Waals surface area contributed by atoms with Crippen molar-refractivity contribution in [3.63, 3.8) is 0 Å². The summed E-state index contributed by atoms with van der Waals surface area (Å²) in [4.78, 5) is -0.245. The summed E-state index contributed by atoms with van der Waals surface area (Å²) in [6.07, 6.45) is 0. The van der Waals surface area contributed by atoms with Gasteiger partial charge in [0.05, 0.1) is 0 Å². The van der Waals surface area contributed by atoms with E-state index in [0.717, 1.165) is 0 Å². The molecular weight excluding hydrogens is 135 g/mol. The second kappa shape index (κ2) is 3.84. The van der Waals surface area contributed by atoms with Gasteiger partial charge in [0.2, 0.25) is 0 Å². The van der Waals surface area contributed by atoms with Crippen LogP contribution in [0.2, 0.25) is 6.55 Å². The molecule has 0 aromatic carbocycles. The van der Waals surface area contributed by atoms with Gasteiger partial charge < -0.3 is 0 Å². The molecule has 0 aliphatic heterocycles. The number of hydrogen-bond donors (Lipinski definition) is 0. The van der Waals surface area contributed by atoms with Crippen LogP contribution in [-0.4, -0.2) is 19.6 Å². The van der Waals surface area contributed by atoms with E-state index in [1.165, 1.54) is 0 Å². The molecule has 36 valence electrons. The molecule has 0 atom stereocenters. The zero-order valence-corrected chi connectivity index (χ0v) is 6.15. The summed E-state index contributed by atoms with van der Waals surface area (Å²) >= 11 is 10.6. The van der Waals surface area contributed by atoms with Gasteiger partial charge in [-0.1, -0.05) is 12.2 Å². The quantitative estimate of drug-likeness (QED) is 0.378. The normalized spacial score (nSPS) is 11.3. The lowest BCUT2D eigenvalue weighted by Crippen LogP contribution is -1.88. The van der Waals surface area contributed by atoms with Crippen LogP contribution in [0.25, 0.3) is 0 Å². The van der Waals surface area contributed by atoms with Crippen molar-refractivity contribution in [3.8, 4) is 0 Å². The molecule has 0 aliphatic carbocycles. The molecular formula is C3H6Cl2Si. The van der Waals surface area contributed by atoms with Gasteiger partial charge in [-0.25, -0.2) is 0 Å². The van der Waals surface area contributed by atoms with Crippen LogP contribution in [0, 0.1) is 0 Å². The highest BCUT2D eigenvalue weighted by Crippen LogP contribution is 1.93. The van der Waals surface area contributed by atoms with Crippen LogP contribution < -0.4 is 0 Å². The Morgan fingerprint density at radius 1 is 1.67 bits per heavy atom. The molecule has 0 aliphatic rings. The first-order valence-electron chi connectivity index (χ1n) is 1.68. The van der Waals surface area contributed by atoms with Crippen molar-refractivity contribution in [2.45, 2.75) is 11.4 Å². The highest BCUT2D eigenvalue weighted by molar-refractivity contribution is 6.62. The largest absolute Gasteiger partial charge is 0.121 e. The van der Waals surface area contributed by atoms with Crippen molar-refractivity contribution >= 4 is 38.0 Å². The molecule has 0 heterocycles. The molecule has 0 nitrogen and oxygen atoms in total. The number of rotatable bonds is 1. The van der Waals surface area contributed by atoms with E-state index < -0.39 is 0 Å². The third kappa shape index (κ3) is 4.67. The fraction of sp³-hybridized carbons (Fsp3) is 0.667. The number of hydrogen-bond acceptors (Lipinski definition) is 0. The fourth-order valence-electron chi connectivity index (χ4n) is 0.145. The smallest absolute Gasteiger partial charge is 0.101 e. The monoisotopic (exact) mass is 140 g/mol. The summed E-state index contributed by atoms with van der Waals surface area (Å²) in [5.74, 6) is 0. The first-order chi connectivity index (χ1) is 2.77. The van der Waals surface area contributed by atoms with Gasteiger partial charge in [0.25, 0.3) is 0 Å². The van der Waals surface area contributed by atoms with Crippen LogP contribution in [0.3, 0.4) is 0 Å². The highest BCUT2D eigenvalue weighted by Gasteiger charge is 1.82. The van der Waals surface area contributed by atoms with Gasteiger partial charge in [-0.15, -0.1) is 23.2 Å². The van der Waals surface area contributed by atoms with Crippen LogP contribution in [0.15, 0.2) is 0 Å². The van der Waals surface area contributed by atoms with Crippen molar-refractivity contribution < 1.29 is 0 Å². The Balaban J connectivity index is 3.03. The predicted molar refractivity (Wildman–Crippen MR) is 34.6 cm³/mol. The molecule has 0 saturated heterocycles. The van der Waals surface area contributed by atoms with Gasteiger partial charge in [-0.05, 0) is 9.13 Å². The second-order valence-corrected chi connectivity index (χ2v) is 3.08. The van der Waals surface area contributed by atoms with E-state index in [9.17, 15) is 0 Å². The van der Waals surface area contributed by atoms with E-state index in [4.69, 9.17) is 23.2 Å². The summed E-state index contributed by atoms with van der Waals surface area (Å²) in [7, 11) is 0.363. The van der Waals surface area contributed by atoms with E-state index in [1.807, 2.05) is 5.67 Å². The van der Waals surface area contributed by atoms with Gasteiger partial charge in [-0.3, -0.25) is 0 Å². The minimum absolute atomic E-state index is 0.245. The summed E-state index contributed by atoms with van der Waals surface area (Å²) in [6.45, 7) is 2.08. The number of alkyl halides is 2. The van der Waals surface area contributed by atoms with E-state index in [0.29, 0.717) is 9.13 Å². The van der Waals surface area contributed by atoms with Crippen LogP contribution >= 0.6 is 23.2 Å². The topological polar surface area (TPSA) is 0 Å². The summed E-state index contributed by atoms with van der Waals surface area (Å²) in [5.41, 5.74) is 1.91. The van der Waals surface area contributed by atoms with E-state index >= 15 is 0 Å². The SMILES string of the molecule is C[SiH]=CC(Cl)Cl. The van der Waals surface area contributed by atoms with Gasteiger partial charge in [0.15, 0.2) is 0 Å². The van der Waals surface area contributed by atoms with Crippen molar-refractivity contribution in [1.29, 1.82) is 0 Å². The average Bonchev–Trinajstić information content (AvgIpc) is 1.35. The summed E-state index contributed by atoms with van der Waals surface area (Å²) < 4.78 is 0. The highest BCUT2D eigenvalue weighted by atomic mass is 35.5. The van der Waals surface area contributed by atoms with Crippen molar-refractivity contribution in [1.82, 2.24) is 0 Å². The van der Waals surface area contributed by atoms with Crippen LogP contribution in [0.5, 0.6) is 0 Å². The minimum Gasteiger partial charge on any atom is -0.101 e. The third-order valence-corrected chi connectivity index (χ3v) is 1.89. The Morgan fingerprint density at radius 3 is 2.17 bits per heavy atom. The molecule has 0 spiro atoms. The van der Waals surface area contributed by atoms with Gasteiger partial charge in [-0.2, -0.15) is 0 Å². The van der Waals surface area contributed by atoms with Crippen molar-refractivity contribution in [2.75, 3.05) is 0 Å². The molecule has 0 N–H and O–H groups in total. The number of halogens is 2. The lowest BCUT2D eigenvalue weighted by atomic mass is 11.0. The molecule has 0 aromatic heterocycles. The zero-order chi connectivity index (χ0) is 4.99. The lowest BCUT2D eigenvalue weighted by Gasteiger charge is -1.81. The molecule has 0 amide bonds. The Bertz CT molecular complexity index is 50.8. The Hall–Kier alpha value is 0.667. The van der Waals surface area contributed by atoms with Crippen LogP contribution in [-0.2, 0) is 0 Å². The molecule has 0 fully saturated rings. The van der Waals surface area contributed by atoms with E-state index in [2.05, 4.69) is 6.55 Å². The molecule has 0 rings (SSSR count). The van der Waals surface area contributed by atoms with E-state index in [1.54, 1.807) is 0 Å². The third-order valence-electron chi connectivity index (χ3n) is 0.338. The predicted octanol–water partition coefficient (Wildman–Crippen LogP) is 1.08. The van der Waals surface area contributed by atoms with Crippen molar-refractivity contribution in [2.24, 2.45) is 0 Å². The van der Waals surface area contributed by atoms with Gasteiger partial charge >= 0.3 is 0 Å². The molecule has 3 heteroatoms. The van der Waals surface area contributed by atoms with Crippen LogP contribution in [0.4, 0.5) is 0 Å². The van der Waals surface area contributed by atoms with Gasteiger partial charge in [0.1, 0.15) is 4.84 Å². The Labute approximate surface area is 49.9 Å². The summed E-state index contributed by atoms with van der Waals surface area (Å²) in [6, 6.07) is 0. The maximum absolute atomic E-state index is 5.31. The maximum Gasteiger partial charge on any atom is 0.121 e. The van der Waals surface area contributed by atoms with E-state index in [-0.39, 0.29) is 4.84 Å². The maximum atomic E-state index is 5.31. The Morgan fingerprint density at radius 2 is 2.17 bits per heavy atom. The molecule has 0 bridgehead atoms. The van der Waals surface area contributed by atoms with Crippen molar-refractivity contribution in [3.05, 3.63) is 0 Å². The first-order valence-corrected chi connectivity index (χ1v) is 4.37. The van der Waals surface area contributed by atoms with Crippen LogP contribution in [0.1, 0.15) is 0 Å². The zero-order valence-electron chi connectivity index (χ0n) is 3.49. The summed E-state index contributed by atoms with van der Waals surface area (Å²) in [5, 5.41) is 0. The molecule has 0 aromatic rings. The lowest BCUT2D eigenvalue weighted by molar-refractivity contribution is 1.89. The minimum atomic E-state index is -0.245. The first kappa shape index (κ1) is 6.67. The second-order valence-electron chi connectivity index (χ2n) is 0.860. The molecule has 0 radical (unpaired) electrons. The average molecular weight is 141 g/mol. The van der Waals surface area contributed by atoms with Gasteiger partial charge in [0, 0.05) is 0 Å².